The lowest BCUT2D eigenvalue weighted by molar-refractivity contribution is -0.152. The number of nitrogens with zero attached hydrogens (tertiary/aromatic N) is 7. The summed E-state index contributed by atoms with van der Waals surface area (Å²) in [6.07, 6.45) is 7.52. The van der Waals surface area contributed by atoms with Crippen molar-refractivity contribution in [1.29, 1.82) is 0 Å². The molecule has 1 amide bonds. The number of amides is 1. The molecule has 5 rings (SSSR count). The molecule has 0 radical (unpaired) electrons. The Labute approximate surface area is 251 Å². The number of piperidine rings is 1. The molecule has 15 heteroatoms. The summed E-state index contributed by atoms with van der Waals surface area (Å²) >= 11 is 6.23. The predicted octanol–water partition coefficient (Wildman–Crippen LogP) is 3.93. The molecule has 1 aliphatic rings. The Hall–Kier alpha value is -4.30. The van der Waals surface area contributed by atoms with Crippen molar-refractivity contribution in [2.75, 3.05) is 45.7 Å². The average molecular weight is 617 g/mol. The average Bonchev–Trinajstić information content (AvgIpc) is 3.57. The van der Waals surface area contributed by atoms with Crippen molar-refractivity contribution in [3.8, 4) is 17.0 Å². The van der Waals surface area contributed by atoms with Crippen LogP contribution in [0.3, 0.4) is 0 Å². The second-order valence-electron chi connectivity index (χ2n) is 10.3. The predicted molar refractivity (Wildman–Crippen MR) is 154 cm³/mol. The summed E-state index contributed by atoms with van der Waals surface area (Å²) in [5.41, 5.74) is 1.90. The molecule has 0 atom stereocenters. The molecular weight excluding hydrogens is 586 g/mol. The molecule has 1 fully saturated rings. The number of ether oxygens (including phenoxy) is 2. The number of likely N-dealkylation sites (N-methyl/N-ethyl adjacent to an activating group) is 1. The standard InChI is InChI=1S/C28H31ClF2N8O4/c1-36(2)12-13-42-27(41)18-6-10-37(11-7-18)24(40)17-38-16-22(34-21-15-33-39-9-3-8-32-26(21)39)25(35-38)20-14-19(29)4-5-23(20)43-28(30)31/h3-5,8-9,14-16,18,28,34H,6-7,10-13,17H2,1-2H3. The summed E-state index contributed by atoms with van der Waals surface area (Å²) in [4.78, 5) is 33.6. The van der Waals surface area contributed by atoms with Gasteiger partial charge >= 0.3 is 12.6 Å². The zero-order chi connectivity index (χ0) is 30.5. The van der Waals surface area contributed by atoms with Crippen molar-refractivity contribution in [3.05, 3.63) is 54.1 Å². The number of halogens is 3. The number of rotatable bonds is 11. The number of benzene rings is 1. The lowest BCUT2D eigenvalue weighted by Gasteiger charge is -2.31. The van der Waals surface area contributed by atoms with Crippen LogP contribution in [0.5, 0.6) is 5.75 Å². The Morgan fingerprint density at radius 3 is 2.74 bits per heavy atom. The van der Waals surface area contributed by atoms with Gasteiger partial charge in [-0.05, 0) is 51.2 Å². The van der Waals surface area contributed by atoms with Gasteiger partial charge in [-0.2, -0.15) is 19.0 Å². The van der Waals surface area contributed by atoms with Gasteiger partial charge in [0.1, 0.15) is 30.3 Å². The number of aromatic nitrogens is 5. The van der Waals surface area contributed by atoms with Crippen LogP contribution in [-0.4, -0.2) is 93.0 Å². The maximum atomic E-state index is 13.3. The monoisotopic (exact) mass is 616 g/mol. The van der Waals surface area contributed by atoms with Gasteiger partial charge in [-0.15, -0.1) is 0 Å². The van der Waals surface area contributed by atoms with E-state index in [2.05, 4.69) is 20.5 Å². The molecule has 1 saturated heterocycles. The summed E-state index contributed by atoms with van der Waals surface area (Å²) in [6.45, 7) is -1.42. The largest absolute Gasteiger partial charge is 0.464 e. The number of anilines is 2. The van der Waals surface area contributed by atoms with Crippen LogP contribution in [0.4, 0.5) is 20.2 Å². The van der Waals surface area contributed by atoms with E-state index in [1.165, 1.54) is 22.9 Å². The number of likely N-dealkylation sites (tertiary alicyclic amines) is 1. The van der Waals surface area contributed by atoms with Crippen LogP contribution in [-0.2, 0) is 20.9 Å². The van der Waals surface area contributed by atoms with Gasteiger partial charge in [0.15, 0.2) is 5.65 Å². The van der Waals surface area contributed by atoms with Crippen LogP contribution in [0.15, 0.2) is 49.1 Å². The van der Waals surface area contributed by atoms with Gasteiger partial charge in [0.25, 0.3) is 0 Å². The first-order chi connectivity index (χ1) is 20.7. The van der Waals surface area contributed by atoms with Crippen LogP contribution in [0.1, 0.15) is 12.8 Å². The fourth-order valence-corrected chi connectivity index (χ4v) is 4.96. The molecule has 12 nitrogen and oxygen atoms in total. The van der Waals surface area contributed by atoms with E-state index in [1.807, 2.05) is 19.0 Å². The van der Waals surface area contributed by atoms with Crippen LogP contribution in [0.25, 0.3) is 16.9 Å². The number of hydrogen-bond donors (Lipinski definition) is 1. The second kappa shape index (κ2) is 13.3. The summed E-state index contributed by atoms with van der Waals surface area (Å²) in [5.74, 6) is -0.829. The molecule has 0 bridgehead atoms. The first-order valence-corrected chi connectivity index (χ1v) is 14.0. The number of fused-ring (bicyclic) bond motifs is 1. The molecule has 4 heterocycles. The van der Waals surface area contributed by atoms with E-state index in [1.54, 1.807) is 40.3 Å². The zero-order valence-electron chi connectivity index (χ0n) is 23.6. The molecule has 4 aromatic rings. The maximum absolute atomic E-state index is 13.3. The highest BCUT2D eigenvalue weighted by molar-refractivity contribution is 6.31. The van der Waals surface area contributed by atoms with E-state index in [4.69, 9.17) is 21.1 Å². The van der Waals surface area contributed by atoms with E-state index < -0.39 is 6.61 Å². The van der Waals surface area contributed by atoms with E-state index >= 15 is 0 Å². The Morgan fingerprint density at radius 1 is 1.21 bits per heavy atom. The minimum Gasteiger partial charge on any atom is -0.464 e. The highest BCUT2D eigenvalue weighted by atomic mass is 35.5. The van der Waals surface area contributed by atoms with Crippen molar-refractivity contribution < 1.29 is 27.8 Å². The molecule has 0 spiro atoms. The normalized spacial score (nSPS) is 14.1. The number of nitrogens with one attached hydrogen (secondary N) is 1. The third-order valence-corrected chi connectivity index (χ3v) is 7.22. The van der Waals surface area contributed by atoms with E-state index in [0.29, 0.717) is 56.1 Å². The van der Waals surface area contributed by atoms with Crippen LogP contribution in [0, 0.1) is 5.92 Å². The lowest BCUT2D eigenvalue weighted by atomic mass is 9.97. The molecular formula is C28H31ClF2N8O4. The van der Waals surface area contributed by atoms with Gasteiger partial charge in [0.2, 0.25) is 5.91 Å². The minimum absolute atomic E-state index is 0.120. The van der Waals surface area contributed by atoms with Crippen LogP contribution < -0.4 is 10.1 Å². The summed E-state index contributed by atoms with van der Waals surface area (Å²) in [6, 6.07) is 5.98. The minimum atomic E-state index is -3.07. The Bertz CT molecular complexity index is 1590. The van der Waals surface area contributed by atoms with E-state index in [-0.39, 0.29) is 46.4 Å². The first-order valence-electron chi connectivity index (χ1n) is 13.6. The Kier molecular flexibility index (Phi) is 9.36. The molecule has 0 unspecified atom stereocenters. The Morgan fingerprint density at radius 2 is 2.00 bits per heavy atom. The lowest BCUT2D eigenvalue weighted by Crippen LogP contribution is -2.42. The van der Waals surface area contributed by atoms with Gasteiger partial charge in [-0.25, -0.2) is 9.50 Å². The van der Waals surface area contributed by atoms with Gasteiger partial charge < -0.3 is 24.6 Å². The van der Waals surface area contributed by atoms with E-state index in [0.717, 1.165) is 0 Å². The number of hydrogen-bond acceptors (Lipinski definition) is 9. The maximum Gasteiger partial charge on any atom is 0.387 e. The van der Waals surface area contributed by atoms with Gasteiger partial charge in [0.05, 0.1) is 17.8 Å². The van der Waals surface area contributed by atoms with Crippen molar-refractivity contribution in [3.63, 3.8) is 0 Å². The fraction of sp³-hybridized carbons (Fsp3) is 0.393. The van der Waals surface area contributed by atoms with Crippen LogP contribution >= 0.6 is 11.6 Å². The quantitative estimate of drug-likeness (QED) is 0.250. The molecule has 3 aromatic heterocycles. The summed E-state index contributed by atoms with van der Waals surface area (Å²) in [5, 5.41) is 12.3. The summed E-state index contributed by atoms with van der Waals surface area (Å²) < 4.78 is 39.6. The SMILES string of the molecule is CN(C)CCOC(=O)C1CCN(C(=O)Cn2cc(Nc3cnn4cccnc34)c(-c3cc(Cl)ccc3OC(F)F)n2)CC1. The molecule has 0 saturated carbocycles. The zero-order valence-corrected chi connectivity index (χ0v) is 24.4. The smallest absolute Gasteiger partial charge is 0.387 e. The highest BCUT2D eigenvalue weighted by Crippen LogP contribution is 2.38. The Balaban J connectivity index is 1.35. The van der Waals surface area contributed by atoms with Crippen molar-refractivity contribution in [2.45, 2.75) is 26.0 Å². The number of alkyl halides is 2. The highest BCUT2D eigenvalue weighted by Gasteiger charge is 2.29. The molecule has 0 aliphatic carbocycles. The molecule has 1 N–H and O–H groups in total. The topological polar surface area (TPSA) is 119 Å². The molecule has 228 valence electrons. The molecule has 1 aromatic carbocycles. The van der Waals surface area contributed by atoms with Crippen LogP contribution in [0.2, 0.25) is 5.02 Å². The van der Waals surface area contributed by atoms with Gasteiger partial charge in [0, 0.05) is 48.8 Å². The van der Waals surface area contributed by atoms with Gasteiger partial charge in [-0.3, -0.25) is 14.3 Å². The van der Waals surface area contributed by atoms with E-state index in [9.17, 15) is 18.4 Å². The van der Waals surface area contributed by atoms with Crippen molar-refractivity contribution >= 4 is 40.5 Å². The molecule has 43 heavy (non-hydrogen) atoms. The summed E-state index contributed by atoms with van der Waals surface area (Å²) in [7, 11) is 3.81. The third-order valence-electron chi connectivity index (χ3n) is 6.98. The van der Waals surface area contributed by atoms with Crippen molar-refractivity contribution in [1.82, 2.24) is 34.2 Å². The number of esters is 1. The third kappa shape index (κ3) is 7.38. The van der Waals surface area contributed by atoms with Crippen molar-refractivity contribution in [2.24, 2.45) is 5.92 Å². The number of carbonyl (C=O) groups excluding carboxylic acids is 2. The first kappa shape index (κ1) is 30.2. The number of carbonyl (C=O) groups is 2. The fourth-order valence-electron chi connectivity index (χ4n) is 4.79. The molecule has 1 aliphatic heterocycles. The van der Waals surface area contributed by atoms with Gasteiger partial charge in [-0.1, -0.05) is 11.6 Å². The second-order valence-corrected chi connectivity index (χ2v) is 10.7.